The molecule has 0 spiro atoms. The van der Waals surface area contributed by atoms with E-state index >= 15 is 0 Å². The molecule has 1 unspecified atom stereocenters. The predicted octanol–water partition coefficient (Wildman–Crippen LogP) is 3.23. The van der Waals surface area contributed by atoms with Crippen LogP contribution in [0.1, 0.15) is 25.3 Å². The number of halogens is 1. The fourth-order valence-electron chi connectivity index (χ4n) is 1.63. The highest BCUT2D eigenvalue weighted by atomic mass is 79.9. The molecule has 0 aliphatic carbocycles. The minimum absolute atomic E-state index is 0.0673. The Morgan fingerprint density at radius 2 is 2.33 bits per heavy atom. The molecule has 18 heavy (non-hydrogen) atoms. The van der Waals surface area contributed by atoms with Gasteiger partial charge >= 0.3 is 5.97 Å². The Hall–Kier alpha value is -1.54. The van der Waals surface area contributed by atoms with E-state index in [1.807, 2.05) is 19.1 Å². The molecule has 0 saturated heterocycles. The van der Waals surface area contributed by atoms with Crippen molar-refractivity contribution in [3.05, 3.63) is 28.2 Å². The Labute approximate surface area is 115 Å². The Bertz CT molecular complexity index is 469. The molecule has 2 N–H and O–H groups in total. The van der Waals surface area contributed by atoms with Crippen LogP contribution in [0.15, 0.2) is 22.7 Å². The average Bonchev–Trinajstić information content (AvgIpc) is 2.34. The molecule has 4 nitrogen and oxygen atoms in total. The van der Waals surface area contributed by atoms with E-state index in [4.69, 9.17) is 10.4 Å². The number of hydrogen-bond donors (Lipinski definition) is 2. The van der Waals surface area contributed by atoms with Gasteiger partial charge in [-0.2, -0.15) is 5.26 Å². The number of anilines is 1. The third kappa shape index (κ3) is 4.38. The summed E-state index contributed by atoms with van der Waals surface area (Å²) in [5, 5.41) is 20.9. The third-order valence-electron chi connectivity index (χ3n) is 2.72. The van der Waals surface area contributed by atoms with E-state index in [1.165, 1.54) is 0 Å². The minimum Gasteiger partial charge on any atom is -0.481 e. The number of carboxylic acids is 1. The topological polar surface area (TPSA) is 73.1 Å². The Morgan fingerprint density at radius 3 is 2.89 bits per heavy atom. The molecule has 0 fully saturated rings. The van der Waals surface area contributed by atoms with Gasteiger partial charge in [0.05, 0.1) is 11.3 Å². The lowest BCUT2D eigenvalue weighted by Gasteiger charge is -2.15. The van der Waals surface area contributed by atoms with Gasteiger partial charge in [0.2, 0.25) is 0 Å². The van der Waals surface area contributed by atoms with Gasteiger partial charge < -0.3 is 10.4 Å². The van der Waals surface area contributed by atoms with Crippen LogP contribution < -0.4 is 5.32 Å². The second-order valence-electron chi connectivity index (χ2n) is 4.05. The molecule has 0 bridgehead atoms. The molecular formula is C13H15BrN2O2. The van der Waals surface area contributed by atoms with E-state index < -0.39 is 5.97 Å². The maximum atomic E-state index is 10.7. The zero-order valence-corrected chi connectivity index (χ0v) is 11.7. The fraction of sp³-hybridized carbons (Fsp3) is 0.385. The van der Waals surface area contributed by atoms with Gasteiger partial charge in [-0.25, -0.2) is 0 Å². The van der Waals surface area contributed by atoms with Crippen molar-refractivity contribution >= 4 is 27.6 Å². The highest BCUT2D eigenvalue weighted by Gasteiger charge is 2.11. The first-order valence-electron chi connectivity index (χ1n) is 5.72. The Morgan fingerprint density at radius 1 is 1.61 bits per heavy atom. The molecule has 0 radical (unpaired) electrons. The number of nitrogens with one attached hydrogen (secondary N) is 1. The zero-order valence-electron chi connectivity index (χ0n) is 10.1. The number of benzene rings is 1. The molecule has 1 rings (SSSR count). The van der Waals surface area contributed by atoms with Gasteiger partial charge in [0, 0.05) is 17.4 Å². The number of carbonyl (C=O) groups is 1. The van der Waals surface area contributed by atoms with E-state index in [1.54, 1.807) is 6.07 Å². The predicted molar refractivity (Wildman–Crippen MR) is 73.4 cm³/mol. The first-order chi connectivity index (χ1) is 8.56. The molecule has 0 aliphatic heterocycles. The Kier molecular flexibility index (Phi) is 5.66. The first-order valence-corrected chi connectivity index (χ1v) is 6.51. The molecule has 0 saturated carbocycles. The summed E-state index contributed by atoms with van der Waals surface area (Å²) < 4.78 is 0.849. The van der Waals surface area contributed by atoms with E-state index in [2.05, 4.69) is 27.3 Å². The molecular weight excluding hydrogens is 296 g/mol. The lowest BCUT2D eigenvalue weighted by atomic mass is 10.0. The van der Waals surface area contributed by atoms with Crippen LogP contribution in [-0.2, 0) is 4.79 Å². The number of nitriles is 1. The normalized spacial score (nSPS) is 11.6. The van der Waals surface area contributed by atoms with Crippen LogP contribution in [0.3, 0.4) is 0 Å². The summed E-state index contributed by atoms with van der Waals surface area (Å²) in [4.78, 5) is 10.7. The average molecular weight is 311 g/mol. The second kappa shape index (κ2) is 7.02. The van der Waals surface area contributed by atoms with Crippen molar-refractivity contribution in [3.8, 4) is 6.07 Å². The van der Waals surface area contributed by atoms with Gasteiger partial charge in [-0.3, -0.25) is 4.79 Å². The van der Waals surface area contributed by atoms with Crippen LogP contribution in [0.25, 0.3) is 0 Å². The van der Waals surface area contributed by atoms with Gasteiger partial charge in [0.1, 0.15) is 6.07 Å². The first kappa shape index (κ1) is 14.5. The van der Waals surface area contributed by atoms with Gasteiger partial charge in [-0.15, -0.1) is 0 Å². The highest BCUT2D eigenvalue weighted by molar-refractivity contribution is 9.10. The standard InChI is InChI=1S/C13H15BrN2O2/c1-2-9(5-13(17)18)8-16-12-4-3-11(14)6-10(12)7-15/h3-4,6,9,16H,2,5,8H2,1H3,(H,17,18). The Balaban J connectivity index is 2.68. The fourth-order valence-corrected chi connectivity index (χ4v) is 1.99. The van der Waals surface area contributed by atoms with Crippen molar-refractivity contribution < 1.29 is 9.90 Å². The lowest BCUT2D eigenvalue weighted by Crippen LogP contribution is -2.17. The second-order valence-corrected chi connectivity index (χ2v) is 4.97. The molecule has 0 amide bonds. The van der Waals surface area contributed by atoms with Crippen LogP contribution >= 0.6 is 15.9 Å². The molecule has 1 atom stereocenters. The van der Waals surface area contributed by atoms with Crippen LogP contribution in [0.5, 0.6) is 0 Å². The monoisotopic (exact) mass is 310 g/mol. The molecule has 96 valence electrons. The maximum Gasteiger partial charge on any atom is 0.303 e. The summed E-state index contributed by atoms with van der Waals surface area (Å²) in [6, 6.07) is 7.51. The zero-order chi connectivity index (χ0) is 13.5. The van der Waals surface area contributed by atoms with Crippen LogP contribution in [0, 0.1) is 17.2 Å². The largest absolute Gasteiger partial charge is 0.481 e. The SMILES string of the molecule is CCC(CNc1ccc(Br)cc1C#N)CC(=O)O. The van der Waals surface area contributed by atoms with E-state index in [9.17, 15) is 4.79 Å². The van der Waals surface area contributed by atoms with Crippen LogP contribution in [-0.4, -0.2) is 17.6 Å². The smallest absolute Gasteiger partial charge is 0.303 e. The van der Waals surface area contributed by atoms with Crippen molar-refractivity contribution in [2.75, 3.05) is 11.9 Å². The van der Waals surface area contributed by atoms with Crippen molar-refractivity contribution in [1.29, 1.82) is 5.26 Å². The van der Waals surface area contributed by atoms with E-state index in [0.29, 0.717) is 12.1 Å². The van der Waals surface area contributed by atoms with Gasteiger partial charge in [0.15, 0.2) is 0 Å². The van der Waals surface area contributed by atoms with Crippen molar-refractivity contribution in [2.24, 2.45) is 5.92 Å². The molecule has 0 heterocycles. The van der Waals surface area contributed by atoms with E-state index in [-0.39, 0.29) is 12.3 Å². The number of aliphatic carboxylic acids is 1. The van der Waals surface area contributed by atoms with Gasteiger partial charge in [-0.1, -0.05) is 29.3 Å². The highest BCUT2D eigenvalue weighted by Crippen LogP contribution is 2.21. The molecule has 1 aromatic rings. The summed E-state index contributed by atoms with van der Waals surface area (Å²) >= 11 is 3.31. The summed E-state index contributed by atoms with van der Waals surface area (Å²) in [5.74, 6) is -0.724. The van der Waals surface area contributed by atoms with Gasteiger partial charge in [-0.05, 0) is 24.1 Å². The molecule has 5 heteroatoms. The van der Waals surface area contributed by atoms with E-state index in [0.717, 1.165) is 16.6 Å². The summed E-state index contributed by atoms with van der Waals surface area (Å²) in [6.45, 7) is 2.52. The number of rotatable bonds is 6. The lowest BCUT2D eigenvalue weighted by molar-refractivity contribution is -0.138. The van der Waals surface area contributed by atoms with Crippen LogP contribution in [0.4, 0.5) is 5.69 Å². The molecule has 0 aliphatic rings. The van der Waals surface area contributed by atoms with Crippen molar-refractivity contribution in [2.45, 2.75) is 19.8 Å². The summed E-state index contributed by atoms with van der Waals surface area (Å²) in [5.41, 5.74) is 1.29. The summed E-state index contributed by atoms with van der Waals surface area (Å²) in [6.07, 6.45) is 0.930. The van der Waals surface area contributed by atoms with Gasteiger partial charge in [0.25, 0.3) is 0 Å². The quantitative estimate of drug-likeness (QED) is 0.846. The number of carboxylic acid groups (broad SMARTS) is 1. The molecule has 0 aromatic heterocycles. The van der Waals surface area contributed by atoms with Crippen molar-refractivity contribution in [1.82, 2.24) is 0 Å². The van der Waals surface area contributed by atoms with Crippen LogP contribution in [0.2, 0.25) is 0 Å². The number of nitrogens with zero attached hydrogens (tertiary/aromatic N) is 1. The summed E-state index contributed by atoms with van der Waals surface area (Å²) in [7, 11) is 0. The maximum absolute atomic E-state index is 10.7. The number of hydrogen-bond acceptors (Lipinski definition) is 3. The van der Waals surface area contributed by atoms with Crippen molar-refractivity contribution in [3.63, 3.8) is 0 Å². The minimum atomic E-state index is -0.792. The molecule has 1 aromatic carbocycles. The third-order valence-corrected chi connectivity index (χ3v) is 3.22.